The minimum atomic E-state index is -7.06. The number of esters is 1. The van der Waals surface area contributed by atoms with Crippen LogP contribution in [0.3, 0.4) is 0 Å². The van der Waals surface area contributed by atoms with Gasteiger partial charge in [-0.2, -0.15) is 39.5 Å². The molecule has 0 bridgehead atoms. The third-order valence-corrected chi connectivity index (χ3v) is 2.59. The number of rotatable bonds is 8. The maximum atomic E-state index is 12.9. The second-order valence-corrected chi connectivity index (χ2v) is 4.45. The maximum Gasteiger partial charge on any atom is 0.473 e. The molecule has 0 aromatic carbocycles. The number of hydrogen-bond donors (Lipinski definition) is 0. The van der Waals surface area contributed by atoms with Crippen molar-refractivity contribution >= 4 is 5.97 Å². The van der Waals surface area contributed by atoms with E-state index in [-0.39, 0.29) is 6.42 Å². The van der Waals surface area contributed by atoms with Gasteiger partial charge in [0.1, 0.15) is 0 Å². The molecule has 0 atom stereocenters. The monoisotopic (exact) mass is 348 g/mol. The first-order chi connectivity index (χ1) is 9.70. The van der Waals surface area contributed by atoms with Crippen molar-refractivity contribution in [3.8, 4) is 0 Å². The van der Waals surface area contributed by atoms with Crippen LogP contribution in [0.25, 0.3) is 0 Å². The molecule has 11 heteroatoms. The minimum Gasteiger partial charge on any atom is -0.396 e. The van der Waals surface area contributed by atoms with Gasteiger partial charge < -0.3 is 4.74 Å². The Hall–Kier alpha value is -1.16. The van der Waals surface area contributed by atoms with Crippen molar-refractivity contribution < 1.29 is 49.0 Å². The van der Waals surface area contributed by atoms with Crippen molar-refractivity contribution in [2.75, 3.05) is 0 Å². The molecule has 0 aromatic rings. The van der Waals surface area contributed by atoms with Crippen LogP contribution in [0.4, 0.5) is 39.5 Å². The van der Waals surface area contributed by atoms with Gasteiger partial charge in [-0.1, -0.05) is 26.2 Å². The molecule has 2 nitrogen and oxygen atoms in total. The number of carbonyl (C=O) groups is 1. The van der Waals surface area contributed by atoms with Crippen LogP contribution in [0.2, 0.25) is 0 Å². The van der Waals surface area contributed by atoms with Gasteiger partial charge in [0.2, 0.25) is 0 Å². The average Bonchev–Trinajstić information content (AvgIpc) is 2.32. The Morgan fingerprint density at radius 1 is 0.818 bits per heavy atom. The second kappa shape index (κ2) is 6.95. The zero-order chi connectivity index (χ0) is 17.8. The summed E-state index contributed by atoms with van der Waals surface area (Å²) in [7, 11) is 0. The summed E-state index contributed by atoms with van der Waals surface area (Å²) >= 11 is 0. The first kappa shape index (κ1) is 20.8. The maximum absolute atomic E-state index is 12.9. The number of carbonyl (C=O) groups excluding carboxylic acids is 1. The Morgan fingerprint density at radius 2 is 1.32 bits per heavy atom. The Kier molecular flexibility index (Phi) is 6.58. The highest BCUT2D eigenvalue weighted by Crippen LogP contribution is 2.53. The Morgan fingerprint density at radius 3 is 1.73 bits per heavy atom. The topological polar surface area (TPSA) is 26.3 Å². The van der Waals surface area contributed by atoms with Crippen molar-refractivity contribution in [1.82, 2.24) is 0 Å². The summed E-state index contributed by atoms with van der Waals surface area (Å²) in [6.45, 7) is 1.77. The lowest BCUT2D eigenvalue weighted by atomic mass is 10.1. The summed E-state index contributed by atoms with van der Waals surface area (Å²) in [6.07, 6.45) is -12.5. The predicted molar refractivity (Wildman–Crippen MR) is 55.7 cm³/mol. The van der Waals surface area contributed by atoms with Gasteiger partial charge in [-0.15, -0.1) is 0 Å². The smallest absolute Gasteiger partial charge is 0.396 e. The van der Waals surface area contributed by atoms with Crippen LogP contribution in [-0.4, -0.2) is 30.1 Å². The molecule has 0 unspecified atom stereocenters. The van der Waals surface area contributed by atoms with E-state index in [2.05, 4.69) is 4.74 Å². The van der Waals surface area contributed by atoms with E-state index in [1.807, 2.05) is 0 Å². The van der Waals surface area contributed by atoms with E-state index >= 15 is 0 Å². The molecule has 0 saturated heterocycles. The van der Waals surface area contributed by atoms with Gasteiger partial charge >= 0.3 is 30.1 Å². The summed E-state index contributed by atoms with van der Waals surface area (Å²) in [6, 6.07) is 0. The van der Waals surface area contributed by atoms with Crippen LogP contribution in [0.5, 0.6) is 0 Å². The number of alkyl halides is 9. The van der Waals surface area contributed by atoms with Crippen LogP contribution < -0.4 is 0 Å². The Bertz CT molecular complexity index is 376. The van der Waals surface area contributed by atoms with Crippen LogP contribution in [0.15, 0.2) is 0 Å². The molecule has 0 spiro atoms. The average molecular weight is 348 g/mol. The van der Waals surface area contributed by atoms with Crippen molar-refractivity contribution in [2.24, 2.45) is 0 Å². The number of hydrogen-bond acceptors (Lipinski definition) is 2. The molecule has 0 aliphatic heterocycles. The molecule has 0 amide bonds. The quantitative estimate of drug-likeness (QED) is 0.353. The Balaban J connectivity index is 4.95. The van der Waals surface area contributed by atoms with Gasteiger partial charge in [0, 0.05) is 6.42 Å². The molecule has 0 aliphatic rings. The van der Waals surface area contributed by atoms with Crippen molar-refractivity contribution in [3.63, 3.8) is 0 Å². The Labute approximate surface area is 119 Å². The molecule has 22 heavy (non-hydrogen) atoms. The van der Waals surface area contributed by atoms with Crippen LogP contribution in [-0.2, 0) is 9.53 Å². The molecule has 0 aliphatic carbocycles. The molecular weight excluding hydrogens is 335 g/mol. The first-order valence-electron chi connectivity index (χ1n) is 6.12. The number of ether oxygens (including phenoxy) is 1. The van der Waals surface area contributed by atoms with E-state index in [0.29, 0.717) is 19.3 Å². The molecule has 0 radical (unpaired) electrons. The molecule has 0 heterocycles. The predicted octanol–water partition coefficient (Wildman–Crippen LogP) is 4.93. The lowest BCUT2D eigenvalue weighted by molar-refractivity contribution is -0.435. The number of unbranched alkanes of at least 4 members (excludes halogenated alkanes) is 3. The number of halogens is 9. The fourth-order valence-electron chi connectivity index (χ4n) is 1.31. The highest BCUT2D eigenvalue weighted by molar-refractivity contribution is 5.69. The molecule has 0 N–H and O–H groups in total. The van der Waals surface area contributed by atoms with E-state index in [4.69, 9.17) is 0 Å². The molecular formula is C11H13F9O2. The molecule has 0 saturated carbocycles. The van der Waals surface area contributed by atoms with Gasteiger partial charge in [0.25, 0.3) is 0 Å². The second-order valence-electron chi connectivity index (χ2n) is 4.45. The van der Waals surface area contributed by atoms with Crippen LogP contribution in [0.1, 0.15) is 39.0 Å². The van der Waals surface area contributed by atoms with Gasteiger partial charge in [0.15, 0.2) is 0 Å². The van der Waals surface area contributed by atoms with E-state index in [9.17, 15) is 44.3 Å². The van der Waals surface area contributed by atoms with E-state index in [0.717, 1.165) is 0 Å². The normalized spacial score (nSPS) is 14.1. The minimum absolute atomic E-state index is 0.0516. The zero-order valence-electron chi connectivity index (χ0n) is 11.3. The summed E-state index contributed by atoms with van der Waals surface area (Å²) in [5.41, 5.74) is 0. The van der Waals surface area contributed by atoms with Crippen LogP contribution in [0, 0.1) is 0 Å². The third kappa shape index (κ3) is 4.42. The zero-order valence-corrected chi connectivity index (χ0v) is 11.3. The van der Waals surface area contributed by atoms with Gasteiger partial charge in [0.05, 0.1) is 0 Å². The van der Waals surface area contributed by atoms with E-state index in [1.54, 1.807) is 6.92 Å². The van der Waals surface area contributed by atoms with Crippen molar-refractivity contribution in [1.29, 1.82) is 0 Å². The summed E-state index contributed by atoms with van der Waals surface area (Å²) < 4.78 is 114. The molecule has 0 aromatic heterocycles. The van der Waals surface area contributed by atoms with E-state index < -0.39 is 36.5 Å². The van der Waals surface area contributed by atoms with Gasteiger partial charge in [-0.05, 0) is 6.42 Å². The van der Waals surface area contributed by atoms with E-state index in [1.165, 1.54) is 0 Å². The van der Waals surface area contributed by atoms with Gasteiger partial charge in [-0.3, -0.25) is 4.79 Å². The summed E-state index contributed by atoms with van der Waals surface area (Å²) in [4.78, 5) is 10.9. The van der Waals surface area contributed by atoms with Gasteiger partial charge in [-0.25, -0.2) is 0 Å². The van der Waals surface area contributed by atoms with Crippen molar-refractivity contribution in [3.05, 3.63) is 0 Å². The standard InChI is InChI=1S/C11H13F9O2/c1-2-3-4-5-6-7(21)22-11(19,20)9(14,15)8(12,13)10(16,17)18/h2-6H2,1H3. The highest BCUT2D eigenvalue weighted by Gasteiger charge is 2.83. The lowest BCUT2D eigenvalue weighted by Crippen LogP contribution is -2.62. The summed E-state index contributed by atoms with van der Waals surface area (Å²) in [5, 5.41) is 0. The molecule has 132 valence electrons. The molecule has 0 fully saturated rings. The van der Waals surface area contributed by atoms with Crippen molar-refractivity contribution in [2.45, 2.75) is 63.2 Å². The largest absolute Gasteiger partial charge is 0.473 e. The lowest BCUT2D eigenvalue weighted by Gasteiger charge is -2.32. The summed E-state index contributed by atoms with van der Waals surface area (Å²) in [5.74, 6) is -16.0. The SMILES string of the molecule is CCCCCCC(=O)OC(F)(F)C(F)(F)C(F)(F)C(F)(F)F. The fourth-order valence-corrected chi connectivity index (χ4v) is 1.31. The first-order valence-corrected chi connectivity index (χ1v) is 6.12. The molecule has 0 rings (SSSR count). The van der Waals surface area contributed by atoms with Crippen LogP contribution >= 0.6 is 0 Å². The third-order valence-electron chi connectivity index (χ3n) is 2.59. The highest BCUT2D eigenvalue weighted by atomic mass is 19.4. The fraction of sp³-hybridized carbons (Fsp3) is 0.909.